The number of H-pyrrole nitrogens is 2. The number of hydrogen-bond donors (Lipinski definition) is 3. The van der Waals surface area contributed by atoms with Gasteiger partial charge in [-0.1, -0.05) is 33.8 Å². The van der Waals surface area contributed by atoms with Gasteiger partial charge in [0, 0.05) is 35.7 Å². The topological polar surface area (TPSA) is 146 Å². The summed E-state index contributed by atoms with van der Waals surface area (Å²) in [5.41, 5.74) is 5.01. The third-order valence-electron chi connectivity index (χ3n) is 9.68. The molecule has 0 radical (unpaired) electrons. The average molecular weight is 782 g/mol. The average Bonchev–Trinajstić information content (AvgIpc) is 4.00. The number of aromatic amines is 2. The number of amides is 2. The fourth-order valence-electron chi connectivity index (χ4n) is 7.14. The van der Waals surface area contributed by atoms with Gasteiger partial charge in [-0.15, -0.1) is 11.3 Å². The molecule has 2 amide bonds. The highest BCUT2D eigenvalue weighted by molar-refractivity contribution is 7.11. The maximum atomic E-state index is 16.5. The molecule has 15 heteroatoms. The number of thiazole rings is 1. The van der Waals surface area contributed by atoms with Crippen LogP contribution in [0, 0.1) is 11.7 Å². The number of halogens is 1. The number of benzene rings is 2. The van der Waals surface area contributed by atoms with E-state index in [1.165, 1.54) is 7.11 Å². The van der Waals surface area contributed by atoms with Crippen molar-refractivity contribution in [3.05, 3.63) is 82.3 Å². The van der Waals surface area contributed by atoms with Crippen LogP contribution in [0.5, 0.6) is 5.75 Å². The van der Waals surface area contributed by atoms with E-state index < -0.39 is 18.1 Å². The van der Waals surface area contributed by atoms with Gasteiger partial charge >= 0.3 is 6.09 Å². The van der Waals surface area contributed by atoms with Gasteiger partial charge in [0.1, 0.15) is 29.8 Å². The van der Waals surface area contributed by atoms with Crippen LogP contribution in [0.1, 0.15) is 68.3 Å². The van der Waals surface area contributed by atoms with E-state index in [0.29, 0.717) is 47.4 Å². The second kappa shape index (κ2) is 16.7. The number of nitrogens with zero attached hydrogens (tertiary/aromatic N) is 6. The molecule has 1 unspecified atom stereocenters. The van der Waals surface area contributed by atoms with Crippen LogP contribution in [0.4, 0.5) is 9.18 Å². The highest BCUT2D eigenvalue weighted by atomic mass is 32.1. The minimum absolute atomic E-state index is 0.173. The molecular formula is C41H48FN9O4S. The van der Waals surface area contributed by atoms with Gasteiger partial charge in [-0.05, 0) is 62.7 Å². The number of hydrogen-bond acceptors (Lipinski definition) is 9. The van der Waals surface area contributed by atoms with Crippen molar-refractivity contribution in [3.63, 3.8) is 0 Å². The molecule has 1 atom stereocenters. The number of carbonyl (C=O) groups excluding carboxylic acids is 2. The summed E-state index contributed by atoms with van der Waals surface area (Å²) in [4.78, 5) is 49.8. The second-order valence-corrected chi connectivity index (χ2v) is 15.8. The van der Waals surface area contributed by atoms with Crippen LogP contribution in [0.25, 0.3) is 44.7 Å². The molecule has 0 saturated carbocycles. The number of fused-ring (bicyclic) bond motifs is 5. The molecule has 5 heterocycles. The Morgan fingerprint density at radius 3 is 2.43 bits per heavy atom. The van der Waals surface area contributed by atoms with Crippen molar-refractivity contribution in [1.82, 2.24) is 44.6 Å². The van der Waals surface area contributed by atoms with Crippen molar-refractivity contribution in [2.75, 3.05) is 33.8 Å². The summed E-state index contributed by atoms with van der Waals surface area (Å²) in [6, 6.07) is 11.5. The van der Waals surface area contributed by atoms with E-state index in [9.17, 15) is 9.59 Å². The van der Waals surface area contributed by atoms with Crippen LogP contribution >= 0.6 is 11.3 Å². The Morgan fingerprint density at radius 1 is 0.982 bits per heavy atom. The van der Waals surface area contributed by atoms with Gasteiger partial charge in [0.25, 0.3) is 0 Å². The lowest BCUT2D eigenvalue weighted by Gasteiger charge is -2.29. The van der Waals surface area contributed by atoms with Gasteiger partial charge in [0.05, 0.1) is 70.6 Å². The second-order valence-electron chi connectivity index (χ2n) is 14.6. The first-order valence-corrected chi connectivity index (χ1v) is 19.8. The Balaban J connectivity index is 1.23. The number of rotatable bonds is 15. The smallest absolute Gasteiger partial charge is 0.407 e. The third-order valence-corrected chi connectivity index (χ3v) is 10.7. The summed E-state index contributed by atoms with van der Waals surface area (Å²) >= 11 is 1.61. The quantitative estimate of drug-likeness (QED) is 0.0959. The molecule has 13 nitrogen and oxygen atoms in total. The van der Waals surface area contributed by atoms with Crippen molar-refractivity contribution in [2.45, 2.75) is 66.3 Å². The van der Waals surface area contributed by atoms with E-state index >= 15 is 4.39 Å². The fourth-order valence-corrected chi connectivity index (χ4v) is 8.29. The molecule has 6 aromatic rings. The summed E-state index contributed by atoms with van der Waals surface area (Å²) in [5.74, 6) is 1.68. The van der Waals surface area contributed by atoms with Crippen LogP contribution < -0.4 is 10.1 Å². The molecule has 0 saturated heterocycles. The Bertz CT molecular complexity index is 2340. The van der Waals surface area contributed by atoms with Gasteiger partial charge in [-0.25, -0.2) is 24.1 Å². The zero-order chi connectivity index (χ0) is 39.5. The number of ether oxygens (including phenoxy) is 2. The van der Waals surface area contributed by atoms with Crippen molar-refractivity contribution in [1.29, 1.82) is 0 Å². The maximum absolute atomic E-state index is 16.5. The predicted octanol–water partition coefficient (Wildman–Crippen LogP) is 7.76. The largest absolute Gasteiger partial charge is 0.464 e. The molecule has 7 rings (SSSR count). The molecule has 3 N–H and O–H groups in total. The molecule has 0 spiro atoms. The summed E-state index contributed by atoms with van der Waals surface area (Å²) in [6.07, 6.45) is 6.77. The van der Waals surface area contributed by atoms with E-state index in [2.05, 4.69) is 73.3 Å². The van der Waals surface area contributed by atoms with Crippen molar-refractivity contribution in [2.24, 2.45) is 5.92 Å². The Morgan fingerprint density at radius 2 is 1.71 bits per heavy atom. The Labute approximate surface area is 329 Å². The highest BCUT2D eigenvalue weighted by Crippen LogP contribution is 2.48. The molecule has 2 aromatic carbocycles. The SMILES string of the molecule is CCCN(C)Cc1ncc(-c2cc(F)c3c(c2)OC(c2cnc(CC(C)C)s2)n2c-3cc3cc(-c4cnc(CN(CCC)C(=O)CNC(=O)OC)[nH]4)ccc32)[nH]1. The van der Waals surface area contributed by atoms with Crippen molar-refractivity contribution >= 4 is 34.2 Å². The zero-order valence-corrected chi connectivity index (χ0v) is 33.4. The lowest BCUT2D eigenvalue weighted by molar-refractivity contribution is -0.130. The van der Waals surface area contributed by atoms with E-state index in [4.69, 9.17) is 9.72 Å². The first kappa shape index (κ1) is 38.7. The monoisotopic (exact) mass is 781 g/mol. The van der Waals surface area contributed by atoms with Crippen molar-refractivity contribution in [3.8, 4) is 39.5 Å². The Hall–Kier alpha value is -5.54. The molecule has 1 aliphatic rings. The minimum Gasteiger partial charge on any atom is -0.464 e. The van der Waals surface area contributed by atoms with Gasteiger partial charge in [-0.2, -0.15) is 0 Å². The molecule has 1 aliphatic heterocycles. The van der Waals surface area contributed by atoms with Crippen LogP contribution in [0.3, 0.4) is 0 Å². The Kier molecular flexibility index (Phi) is 11.5. The predicted molar refractivity (Wildman–Crippen MR) is 215 cm³/mol. The fraction of sp³-hybridized carbons (Fsp3) is 0.390. The lowest BCUT2D eigenvalue weighted by Crippen LogP contribution is -2.40. The molecular weight excluding hydrogens is 734 g/mol. The highest BCUT2D eigenvalue weighted by Gasteiger charge is 2.33. The van der Waals surface area contributed by atoms with Crippen LogP contribution in [-0.2, 0) is 29.0 Å². The van der Waals surface area contributed by atoms with Crippen molar-refractivity contribution < 1.29 is 23.5 Å². The van der Waals surface area contributed by atoms with Crippen LogP contribution in [-0.4, -0.2) is 85.1 Å². The lowest BCUT2D eigenvalue weighted by atomic mass is 10.0. The van der Waals surface area contributed by atoms with Gasteiger partial charge in [0.2, 0.25) is 12.1 Å². The first-order valence-electron chi connectivity index (χ1n) is 19.0. The number of carbonyl (C=O) groups is 2. The number of methoxy groups -OCH3 is 1. The van der Waals surface area contributed by atoms with E-state index in [0.717, 1.165) is 69.4 Å². The molecule has 0 bridgehead atoms. The molecule has 0 aliphatic carbocycles. The standard InChI is InChI=1S/C41H48FN9O4S/c1-7-11-49(5)22-35-43-19-30(48-35)26-15-28(42)39-32-16-27-14-25(29-18-44-36(47-29)23-50(12-8-2)38(52)21-46-41(53)54-6)9-10-31(27)51(32)40(55-33(39)17-26)34-20-45-37(56-34)13-24(3)4/h9-10,14-20,24,40H,7-8,11-13,21-23H2,1-6H3,(H,43,48)(H,44,47)(H,46,53). The van der Waals surface area contributed by atoms with Gasteiger partial charge < -0.3 is 29.7 Å². The molecule has 294 valence electrons. The number of nitrogens with one attached hydrogen (secondary N) is 3. The molecule has 56 heavy (non-hydrogen) atoms. The van der Waals surface area contributed by atoms with Gasteiger partial charge in [-0.3, -0.25) is 14.3 Å². The van der Waals surface area contributed by atoms with Crippen LogP contribution in [0.15, 0.2) is 55.0 Å². The molecule has 4 aromatic heterocycles. The third kappa shape index (κ3) is 8.19. The zero-order valence-electron chi connectivity index (χ0n) is 32.6. The summed E-state index contributed by atoms with van der Waals surface area (Å²) in [5, 5.41) is 4.38. The number of alkyl carbamates (subject to hydrolysis) is 1. The summed E-state index contributed by atoms with van der Waals surface area (Å²) < 4.78 is 29.9. The normalized spacial score (nSPS) is 13.6. The summed E-state index contributed by atoms with van der Waals surface area (Å²) in [7, 11) is 3.31. The first-order chi connectivity index (χ1) is 27.0. The van der Waals surface area contributed by atoms with Gasteiger partial charge in [0.15, 0.2) is 0 Å². The van der Waals surface area contributed by atoms with Crippen LogP contribution in [0.2, 0.25) is 0 Å². The van der Waals surface area contributed by atoms with E-state index in [1.807, 2.05) is 37.4 Å². The maximum Gasteiger partial charge on any atom is 0.407 e. The number of aromatic nitrogens is 6. The minimum atomic E-state index is -0.663. The number of imidazole rings is 2. The molecule has 0 fully saturated rings. The van der Waals surface area contributed by atoms with E-state index in [1.54, 1.807) is 34.7 Å². The summed E-state index contributed by atoms with van der Waals surface area (Å²) in [6.45, 7) is 10.7. The van der Waals surface area contributed by atoms with E-state index in [-0.39, 0.29) is 19.0 Å².